The fraction of sp³-hybridized carbons (Fsp3) is 0.923. The van der Waals surface area contributed by atoms with Crippen LogP contribution in [0.1, 0.15) is 32.6 Å². The Labute approximate surface area is 103 Å². The summed E-state index contributed by atoms with van der Waals surface area (Å²) in [5, 5.41) is 9.06. The Morgan fingerprint density at radius 2 is 2.18 bits per heavy atom. The van der Waals surface area contributed by atoms with Crippen molar-refractivity contribution in [2.24, 2.45) is 11.8 Å². The van der Waals surface area contributed by atoms with Crippen LogP contribution < -0.4 is 0 Å². The third-order valence-electron chi connectivity index (χ3n) is 4.21. The van der Waals surface area contributed by atoms with Gasteiger partial charge < -0.3 is 9.84 Å². The molecule has 0 radical (unpaired) electrons. The fourth-order valence-electron chi connectivity index (χ4n) is 3.06. The van der Waals surface area contributed by atoms with Gasteiger partial charge in [0.05, 0.1) is 12.5 Å². The minimum Gasteiger partial charge on any atom is -0.481 e. The fourth-order valence-corrected chi connectivity index (χ4v) is 3.06. The molecule has 1 heterocycles. The van der Waals surface area contributed by atoms with Crippen LogP contribution in [0, 0.1) is 11.8 Å². The van der Waals surface area contributed by atoms with E-state index in [-0.39, 0.29) is 5.92 Å². The Kier molecular flexibility index (Phi) is 4.05. The highest BCUT2D eigenvalue weighted by atomic mass is 16.5. The molecule has 17 heavy (non-hydrogen) atoms. The molecular formula is C13H23NO3. The smallest absolute Gasteiger partial charge is 0.306 e. The zero-order valence-electron chi connectivity index (χ0n) is 10.8. The molecular weight excluding hydrogens is 218 g/mol. The minimum atomic E-state index is -0.633. The maximum absolute atomic E-state index is 11.0. The lowest BCUT2D eigenvalue weighted by Crippen LogP contribution is -2.50. The number of carboxylic acids is 1. The number of hydrogen-bond donors (Lipinski definition) is 1. The minimum absolute atomic E-state index is 0.149. The van der Waals surface area contributed by atoms with Crippen LogP contribution in [0.5, 0.6) is 0 Å². The van der Waals surface area contributed by atoms with Crippen molar-refractivity contribution in [2.75, 3.05) is 20.3 Å². The second-order valence-electron chi connectivity index (χ2n) is 5.51. The summed E-state index contributed by atoms with van der Waals surface area (Å²) < 4.78 is 5.32. The van der Waals surface area contributed by atoms with Crippen LogP contribution in [0.15, 0.2) is 0 Å². The SMILES string of the molecule is COCC(C1CC1)N1CCC(C(=O)O)CC1C. The van der Waals surface area contributed by atoms with Crippen LogP contribution in [0.25, 0.3) is 0 Å². The lowest BCUT2D eigenvalue weighted by molar-refractivity contribution is -0.144. The van der Waals surface area contributed by atoms with Gasteiger partial charge in [0.25, 0.3) is 0 Å². The van der Waals surface area contributed by atoms with Crippen molar-refractivity contribution >= 4 is 5.97 Å². The molecule has 0 aromatic heterocycles. The Bertz CT molecular complexity index is 278. The van der Waals surface area contributed by atoms with Crippen LogP contribution >= 0.6 is 0 Å². The van der Waals surface area contributed by atoms with Crippen molar-refractivity contribution in [3.05, 3.63) is 0 Å². The molecule has 98 valence electrons. The molecule has 0 amide bonds. The number of ether oxygens (including phenoxy) is 1. The molecule has 2 fully saturated rings. The van der Waals surface area contributed by atoms with Crippen molar-refractivity contribution in [2.45, 2.75) is 44.7 Å². The highest BCUT2D eigenvalue weighted by Gasteiger charge is 2.40. The quantitative estimate of drug-likeness (QED) is 0.794. The summed E-state index contributed by atoms with van der Waals surface area (Å²) in [6.45, 7) is 3.84. The van der Waals surface area contributed by atoms with Gasteiger partial charge in [-0.25, -0.2) is 0 Å². The van der Waals surface area contributed by atoms with Gasteiger partial charge in [0.2, 0.25) is 0 Å². The van der Waals surface area contributed by atoms with Gasteiger partial charge >= 0.3 is 5.97 Å². The molecule has 1 aliphatic carbocycles. The van der Waals surface area contributed by atoms with E-state index in [1.165, 1.54) is 12.8 Å². The molecule has 0 aromatic rings. The lowest BCUT2D eigenvalue weighted by atomic mass is 9.90. The van der Waals surface area contributed by atoms with E-state index >= 15 is 0 Å². The molecule has 1 saturated heterocycles. The van der Waals surface area contributed by atoms with Gasteiger partial charge in [-0.3, -0.25) is 9.69 Å². The highest BCUT2D eigenvalue weighted by Crippen LogP contribution is 2.38. The van der Waals surface area contributed by atoms with Gasteiger partial charge in [0, 0.05) is 19.2 Å². The number of piperidine rings is 1. The van der Waals surface area contributed by atoms with E-state index in [9.17, 15) is 4.79 Å². The van der Waals surface area contributed by atoms with E-state index in [4.69, 9.17) is 9.84 Å². The Balaban J connectivity index is 1.94. The number of likely N-dealkylation sites (tertiary alicyclic amines) is 1. The van der Waals surface area contributed by atoms with Gasteiger partial charge in [-0.2, -0.15) is 0 Å². The van der Waals surface area contributed by atoms with Crippen LogP contribution in [-0.4, -0.2) is 48.3 Å². The van der Waals surface area contributed by atoms with Gasteiger partial charge in [0.15, 0.2) is 0 Å². The topological polar surface area (TPSA) is 49.8 Å². The summed E-state index contributed by atoms with van der Waals surface area (Å²) in [6.07, 6.45) is 4.17. The number of carboxylic acid groups (broad SMARTS) is 1. The molecule has 1 N–H and O–H groups in total. The summed E-state index contributed by atoms with van der Waals surface area (Å²) in [4.78, 5) is 13.5. The van der Waals surface area contributed by atoms with Crippen molar-refractivity contribution in [1.82, 2.24) is 4.90 Å². The largest absolute Gasteiger partial charge is 0.481 e. The standard InChI is InChI=1S/C13H23NO3/c1-9-7-11(13(15)16)5-6-14(9)12(8-17-2)10-3-4-10/h9-12H,3-8H2,1-2H3,(H,15,16). The van der Waals surface area contributed by atoms with Gasteiger partial charge in [-0.15, -0.1) is 0 Å². The number of rotatable bonds is 5. The van der Waals surface area contributed by atoms with Crippen molar-refractivity contribution in [3.63, 3.8) is 0 Å². The molecule has 2 rings (SSSR count). The first kappa shape index (κ1) is 12.8. The summed E-state index contributed by atoms with van der Waals surface area (Å²) in [6, 6.07) is 0.871. The first-order chi connectivity index (χ1) is 8.13. The average Bonchev–Trinajstić information content (AvgIpc) is 3.10. The molecule has 2 aliphatic rings. The van der Waals surface area contributed by atoms with E-state index in [2.05, 4.69) is 11.8 Å². The maximum Gasteiger partial charge on any atom is 0.306 e. The van der Waals surface area contributed by atoms with E-state index < -0.39 is 5.97 Å². The first-order valence-electron chi connectivity index (χ1n) is 6.61. The zero-order chi connectivity index (χ0) is 12.4. The van der Waals surface area contributed by atoms with Crippen molar-refractivity contribution < 1.29 is 14.6 Å². The molecule has 3 atom stereocenters. The number of aliphatic carboxylic acids is 1. The zero-order valence-corrected chi connectivity index (χ0v) is 10.8. The Morgan fingerprint density at radius 3 is 2.65 bits per heavy atom. The third kappa shape index (κ3) is 2.99. The lowest BCUT2D eigenvalue weighted by Gasteiger charge is -2.41. The highest BCUT2D eigenvalue weighted by molar-refractivity contribution is 5.70. The second kappa shape index (κ2) is 5.36. The van der Waals surface area contributed by atoms with Gasteiger partial charge in [0.1, 0.15) is 0 Å². The van der Waals surface area contributed by atoms with Crippen LogP contribution in [0.2, 0.25) is 0 Å². The molecule has 0 spiro atoms. The Hall–Kier alpha value is -0.610. The number of methoxy groups -OCH3 is 1. The molecule has 3 unspecified atom stereocenters. The van der Waals surface area contributed by atoms with Crippen LogP contribution in [-0.2, 0) is 9.53 Å². The Morgan fingerprint density at radius 1 is 1.47 bits per heavy atom. The van der Waals surface area contributed by atoms with Gasteiger partial charge in [-0.05, 0) is 45.1 Å². The van der Waals surface area contributed by atoms with E-state index in [0.717, 1.165) is 31.9 Å². The summed E-state index contributed by atoms with van der Waals surface area (Å²) in [7, 11) is 1.75. The molecule has 1 aliphatic heterocycles. The monoisotopic (exact) mass is 241 g/mol. The number of hydrogen-bond acceptors (Lipinski definition) is 3. The van der Waals surface area contributed by atoms with Crippen LogP contribution in [0.3, 0.4) is 0 Å². The molecule has 0 aromatic carbocycles. The van der Waals surface area contributed by atoms with E-state index in [1.54, 1.807) is 7.11 Å². The van der Waals surface area contributed by atoms with Crippen molar-refractivity contribution in [3.8, 4) is 0 Å². The molecule has 4 heteroatoms. The second-order valence-corrected chi connectivity index (χ2v) is 5.51. The van der Waals surface area contributed by atoms with E-state index in [1.807, 2.05) is 0 Å². The molecule has 4 nitrogen and oxygen atoms in total. The average molecular weight is 241 g/mol. The normalized spacial score (nSPS) is 32.4. The molecule has 1 saturated carbocycles. The third-order valence-corrected chi connectivity index (χ3v) is 4.21. The predicted octanol–water partition coefficient (Wildman–Crippen LogP) is 1.60. The summed E-state index contributed by atoms with van der Waals surface area (Å²) in [5.74, 6) is -0.00589. The summed E-state index contributed by atoms with van der Waals surface area (Å²) >= 11 is 0. The van der Waals surface area contributed by atoms with Crippen LogP contribution in [0.4, 0.5) is 0 Å². The van der Waals surface area contributed by atoms with Gasteiger partial charge in [-0.1, -0.05) is 0 Å². The predicted molar refractivity (Wildman–Crippen MR) is 64.9 cm³/mol. The maximum atomic E-state index is 11.0. The summed E-state index contributed by atoms with van der Waals surface area (Å²) in [5.41, 5.74) is 0. The number of nitrogens with zero attached hydrogens (tertiary/aromatic N) is 1. The van der Waals surface area contributed by atoms with Crippen molar-refractivity contribution in [1.29, 1.82) is 0 Å². The van der Waals surface area contributed by atoms with E-state index in [0.29, 0.717) is 12.1 Å². The molecule has 0 bridgehead atoms. The first-order valence-corrected chi connectivity index (χ1v) is 6.61. The number of carbonyl (C=O) groups is 1.